The van der Waals surface area contributed by atoms with E-state index in [0.717, 1.165) is 11.1 Å². The normalized spacial score (nSPS) is 10.6. The summed E-state index contributed by atoms with van der Waals surface area (Å²) in [5.41, 5.74) is 10.4. The third-order valence-electron chi connectivity index (χ3n) is 3.63. The largest absolute Gasteiger partial charge is 0.490 e. The number of nitrogens with zero attached hydrogens (tertiary/aromatic N) is 4. The number of nitrogen functional groups attached to an aromatic ring is 1. The lowest BCUT2D eigenvalue weighted by molar-refractivity contribution is 0.269. The lowest BCUT2D eigenvalue weighted by atomic mass is 10.2. The molecule has 0 atom stereocenters. The molecule has 0 bridgehead atoms. The minimum Gasteiger partial charge on any atom is -0.490 e. The smallest absolute Gasteiger partial charge is 0.260 e. The second-order valence-corrected chi connectivity index (χ2v) is 6.37. The number of nitrogens with one attached hydrogen (secondary N) is 1. The molecule has 3 N–H and O–H groups in total. The van der Waals surface area contributed by atoms with Gasteiger partial charge in [0.15, 0.2) is 11.5 Å². The van der Waals surface area contributed by atoms with Gasteiger partial charge in [0.25, 0.3) is 5.95 Å². The highest BCUT2D eigenvalue weighted by atomic mass is 35.5. The van der Waals surface area contributed by atoms with Gasteiger partial charge in [0, 0.05) is 15.6 Å². The predicted molar refractivity (Wildman–Crippen MR) is 104 cm³/mol. The van der Waals surface area contributed by atoms with Gasteiger partial charge >= 0.3 is 0 Å². The summed E-state index contributed by atoms with van der Waals surface area (Å²) in [4.78, 5) is 1.30. The van der Waals surface area contributed by atoms with Crippen LogP contribution < -0.4 is 20.6 Å². The molecule has 0 aliphatic heterocycles. The number of tetrazole rings is 1. The van der Waals surface area contributed by atoms with E-state index in [1.807, 2.05) is 31.2 Å². The van der Waals surface area contributed by atoms with Crippen molar-refractivity contribution in [2.45, 2.75) is 20.1 Å². The average Bonchev–Trinajstić information content (AvgIpc) is 3.05. The third-order valence-corrected chi connectivity index (χ3v) is 4.22. The molecule has 10 heteroatoms. The third kappa shape index (κ3) is 4.93. The zero-order valence-corrected chi connectivity index (χ0v) is 16.0. The second kappa shape index (κ2) is 8.79. The number of hydrogen-bond acceptors (Lipinski definition) is 7. The first-order valence-electron chi connectivity index (χ1n) is 8.17. The molecule has 0 spiro atoms. The van der Waals surface area contributed by atoms with Crippen LogP contribution >= 0.6 is 23.2 Å². The van der Waals surface area contributed by atoms with Gasteiger partial charge in [-0.2, -0.15) is 0 Å². The van der Waals surface area contributed by atoms with Gasteiger partial charge in [0.2, 0.25) is 0 Å². The molecule has 8 nitrogen and oxygen atoms in total. The number of hydrogen-bond donors (Lipinski definition) is 2. The molecule has 27 heavy (non-hydrogen) atoms. The maximum atomic E-state index is 6.19. The summed E-state index contributed by atoms with van der Waals surface area (Å²) in [5, 5.41) is 11.9. The van der Waals surface area contributed by atoms with E-state index < -0.39 is 0 Å². The monoisotopic (exact) mass is 408 g/mol. The van der Waals surface area contributed by atoms with Crippen LogP contribution in [-0.4, -0.2) is 26.9 Å². The molecule has 2 aromatic carbocycles. The van der Waals surface area contributed by atoms with Gasteiger partial charge in [-0.3, -0.25) is 0 Å². The first-order chi connectivity index (χ1) is 13.1. The fourth-order valence-electron chi connectivity index (χ4n) is 2.32. The summed E-state index contributed by atoms with van der Waals surface area (Å²) >= 11 is 12.1. The van der Waals surface area contributed by atoms with Crippen LogP contribution in [0.1, 0.15) is 18.1 Å². The highest BCUT2D eigenvalue weighted by molar-refractivity contribution is 6.35. The molecular weight excluding hydrogens is 391 g/mol. The van der Waals surface area contributed by atoms with E-state index in [-0.39, 0.29) is 5.95 Å². The molecule has 0 saturated carbocycles. The van der Waals surface area contributed by atoms with Gasteiger partial charge in [-0.1, -0.05) is 40.4 Å². The van der Waals surface area contributed by atoms with Crippen LogP contribution in [0.2, 0.25) is 10.0 Å². The zero-order chi connectivity index (χ0) is 19.2. The van der Waals surface area contributed by atoms with Crippen molar-refractivity contribution in [1.29, 1.82) is 0 Å². The van der Waals surface area contributed by atoms with Gasteiger partial charge in [-0.05, 0) is 47.2 Å². The fourth-order valence-corrected chi connectivity index (χ4v) is 2.78. The first kappa shape index (κ1) is 19.1. The van der Waals surface area contributed by atoms with Crippen LogP contribution in [0.4, 0.5) is 5.95 Å². The van der Waals surface area contributed by atoms with Crippen LogP contribution in [-0.2, 0) is 13.2 Å². The topological polar surface area (TPSA) is 100 Å². The Morgan fingerprint density at radius 1 is 1.11 bits per heavy atom. The Morgan fingerprint density at radius 3 is 2.67 bits per heavy atom. The quantitative estimate of drug-likeness (QED) is 0.589. The lowest BCUT2D eigenvalue weighted by Crippen LogP contribution is -2.18. The standard InChI is InChI=1S/C17H18Cl2N6O2/c1-2-26-16-7-11(9-21-25-17(20)22-23-24-25)3-6-15(16)27-10-12-4-5-13(18)8-14(12)19/h3-8,21H,2,9-10H2,1H3,(H2,20,22,24). The number of halogens is 2. The summed E-state index contributed by atoms with van der Waals surface area (Å²) in [6, 6.07) is 10.9. The maximum Gasteiger partial charge on any atom is 0.260 e. The number of aromatic nitrogens is 4. The van der Waals surface area contributed by atoms with Crippen LogP contribution in [0.25, 0.3) is 0 Å². The number of benzene rings is 2. The number of rotatable bonds is 8. The Hall–Kier alpha value is -2.71. The Balaban J connectivity index is 1.70. The molecule has 1 heterocycles. The zero-order valence-electron chi connectivity index (χ0n) is 14.5. The van der Waals surface area contributed by atoms with Gasteiger partial charge in [0.05, 0.1) is 13.2 Å². The minimum absolute atomic E-state index is 0.180. The van der Waals surface area contributed by atoms with E-state index in [2.05, 4.69) is 21.0 Å². The van der Waals surface area contributed by atoms with Crippen molar-refractivity contribution < 1.29 is 9.47 Å². The average molecular weight is 409 g/mol. The Bertz CT molecular complexity index is 918. The molecule has 1 aromatic heterocycles. The molecule has 0 radical (unpaired) electrons. The SMILES string of the molecule is CCOc1cc(CNn2nnnc2N)ccc1OCc1ccc(Cl)cc1Cl. The fraction of sp³-hybridized carbons (Fsp3) is 0.235. The molecule has 0 aliphatic carbocycles. The molecular formula is C17H18Cl2N6O2. The van der Waals surface area contributed by atoms with E-state index in [0.29, 0.717) is 41.3 Å². The van der Waals surface area contributed by atoms with E-state index in [9.17, 15) is 0 Å². The van der Waals surface area contributed by atoms with Crippen molar-refractivity contribution in [1.82, 2.24) is 20.3 Å². The van der Waals surface area contributed by atoms with E-state index in [4.69, 9.17) is 38.4 Å². The van der Waals surface area contributed by atoms with Crippen molar-refractivity contribution in [2.24, 2.45) is 0 Å². The Kier molecular flexibility index (Phi) is 6.20. The van der Waals surface area contributed by atoms with Crippen molar-refractivity contribution in [3.05, 3.63) is 57.6 Å². The Morgan fingerprint density at radius 2 is 1.96 bits per heavy atom. The summed E-state index contributed by atoms with van der Waals surface area (Å²) in [7, 11) is 0. The van der Waals surface area contributed by atoms with Crippen LogP contribution in [0, 0.1) is 0 Å². The van der Waals surface area contributed by atoms with Gasteiger partial charge in [-0.25, -0.2) is 0 Å². The summed E-state index contributed by atoms with van der Waals surface area (Å²) < 4.78 is 11.6. The van der Waals surface area contributed by atoms with Crippen LogP contribution in [0.3, 0.4) is 0 Å². The van der Waals surface area contributed by atoms with E-state index in [1.165, 1.54) is 4.79 Å². The van der Waals surface area contributed by atoms with Crippen LogP contribution in [0.15, 0.2) is 36.4 Å². The van der Waals surface area contributed by atoms with Crippen LogP contribution in [0.5, 0.6) is 11.5 Å². The first-order valence-corrected chi connectivity index (χ1v) is 8.92. The highest BCUT2D eigenvalue weighted by Crippen LogP contribution is 2.30. The molecule has 0 unspecified atom stereocenters. The van der Waals surface area contributed by atoms with Crippen molar-refractivity contribution in [2.75, 3.05) is 17.8 Å². The molecule has 0 saturated heterocycles. The number of anilines is 1. The van der Waals surface area contributed by atoms with E-state index in [1.54, 1.807) is 12.1 Å². The summed E-state index contributed by atoms with van der Waals surface area (Å²) in [5.74, 6) is 1.43. The molecule has 0 fully saturated rings. The van der Waals surface area contributed by atoms with Gasteiger partial charge in [-0.15, -0.1) is 4.79 Å². The molecule has 0 amide bonds. The minimum atomic E-state index is 0.180. The molecule has 3 rings (SSSR count). The Labute approximate surface area is 166 Å². The number of nitrogens with two attached hydrogens (primary N) is 1. The number of ether oxygens (including phenoxy) is 2. The van der Waals surface area contributed by atoms with Gasteiger partial charge in [0.1, 0.15) is 6.61 Å². The van der Waals surface area contributed by atoms with Gasteiger partial charge < -0.3 is 20.6 Å². The summed E-state index contributed by atoms with van der Waals surface area (Å²) in [6.45, 7) is 3.18. The molecule has 3 aromatic rings. The second-order valence-electron chi connectivity index (χ2n) is 5.52. The molecule has 0 aliphatic rings. The van der Waals surface area contributed by atoms with E-state index >= 15 is 0 Å². The predicted octanol–water partition coefficient (Wildman–Crippen LogP) is 3.28. The highest BCUT2D eigenvalue weighted by Gasteiger charge is 2.09. The van der Waals surface area contributed by atoms with Crippen molar-refractivity contribution >= 4 is 29.2 Å². The maximum absolute atomic E-state index is 6.19. The lowest BCUT2D eigenvalue weighted by Gasteiger charge is -2.14. The van der Waals surface area contributed by atoms with Crippen molar-refractivity contribution in [3.8, 4) is 11.5 Å². The summed E-state index contributed by atoms with van der Waals surface area (Å²) in [6.07, 6.45) is 0. The molecule has 142 valence electrons. The van der Waals surface area contributed by atoms with Crippen molar-refractivity contribution in [3.63, 3.8) is 0 Å².